The maximum Gasteiger partial charge on any atom is 0.0928 e. The van der Waals surface area contributed by atoms with Gasteiger partial charge in [-0.05, 0) is 25.5 Å². The number of nitrogens with one attached hydrogen (secondary N) is 1. The number of aliphatic hydroxyl groups excluding tert-OH is 1. The van der Waals surface area contributed by atoms with Crippen LogP contribution >= 0.6 is 11.6 Å². The van der Waals surface area contributed by atoms with Crippen LogP contribution in [0.15, 0.2) is 48.5 Å². The Hall–Kier alpha value is -1.35. The van der Waals surface area contributed by atoms with E-state index < -0.39 is 6.10 Å². The molecule has 0 fully saturated rings. The van der Waals surface area contributed by atoms with Crippen LogP contribution < -0.4 is 5.32 Å². The van der Waals surface area contributed by atoms with Crippen LogP contribution in [0.2, 0.25) is 5.02 Å². The molecule has 0 saturated heterocycles. The Bertz CT molecular complexity index is 553. The Balaban J connectivity index is 1.95. The lowest BCUT2D eigenvalue weighted by Gasteiger charge is -2.18. The maximum absolute atomic E-state index is 10.2. The van der Waals surface area contributed by atoms with E-state index in [0.717, 1.165) is 5.56 Å². The summed E-state index contributed by atoms with van der Waals surface area (Å²) in [4.78, 5) is 0. The van der Waals surface area contributed by atoms with Gasteiger partial charge in [-0.2, -0.15) is 0 Å². The lowest BCUT2D eigenvalue weighted by molar-refractivity contribution is 0.171. The normalized spacial score (nSPS) is 14.0. The smallest absolute Gasteiger partial charge is 0.0928 e. The highest BCUT2D eigenvalue weighted by molar-refractivity contribution is 6.31. The molecule has 106 valence electrons. The van der Waals surface area contributed by atoms with E-state index in [1.54, 1.807) is 6.07 Å². The van der Waals surface area contributed by atoms with Gasteiger partial charge in [0.2, 0.25) is 0 Å². The topological polar surface area (TPSA) is 32.3 Å². The van der Waals surface area contributed by atoms with Crippen molar-refractivity contribution in [3.05, 3.63) is 70.2 Å². The van der Waals surface area contributed by atoms with Gasteiger partial charge in [0.1, 0.15) is 0 Å². The average Bonchev–Trinajstić information content (AvgIpc) is 2.45. The van der Waals surface area contributed by atoms with Crippen LogP contribution in [-0.4, -0.2) is 11.7 Å². The minimum absolute atomic E-state index is 0.188. The van der Waals surface area contributed by atoms with Crippen LogP contribution in [0, 0.1) is 6.92 Å². The molecule has 20 heavy (non-hydrogen) atoms. The van der Waals surface area contributed by atoms with Gasteiger partial charge < -0.3 is 10.4 Å². The van der Waals surface area contributed by atoms with Gasteiger partial charge in [-0.3, -0.25) is 0 Å². The zero-order valence-electron chi connectivity index (χ0n) is 11.8. The maximum atomic E-state index is 10.2. The van der Waals surface area contributed by atoms with Gasteiger partial charge in [0.15, 0.2) is 0 Å². The van der Waals surface area contributed by atoms with Crippen LogP contribution in [0.4, 0.5) is 0 Å². The van der Waals surface area contributed by atoms with Crippen molar-refractivity contribution in [2.75, 3.05) is 6.54 Å². The fourth-order valence-electron chi connectivity index (χ4n) is 2.12. The third-order valence-electron chi connectivity index (χ3n) is 3.46. The monoisotopic (exact) mass is 289 g/mol. The van der Waals surface area contributed by atoms with E-state index in [-0.39, 0.29) is 6.04 Å². The van der Waals surface area contributed by atoms with Crippen LogP contribution in [0.3, 0.4) is 0 Å². The van der Waals surface area contributed by atoms with Crippen LogP contribution in [0.25, 0.3) is 0 Å². The summed E-state index contributed by atoms with van der Waals surface area (Å²) < 4.78 is 0. The predicted octanol–water partition coefficient (Wildman–Crippen LogP) is 4.03. The molecule has 2 nitrogen and oxygen atoms in total. The summed E-state index contributed by atoms with van der Waals surface area (Å²) in [6, 6.07) is 16.0. The number of halogens is 1. The van der Waals surface area contributed by atoms with Crippen LogP contribution in [-0.2, 0) is 0 Å². The molecule has 0 saturated carbocycles. The Labute approximate surface area is 125 Å². The van der Waals surface area contributed by atoms with Crippen molar-refractivity contribution in [2.24, 2.45) is 0 Å². The molecular formula is C17H20ClNO. The van der Waals surface area contributed by atoms with Crippen molar-refractivity contribution in [2.45, 2.75) is 26.0 Å². The first-order valence-corrected chi connectivity index (χ1v) is 7.18. The Morgan fingerprint density at radius 2 is 1.75 bits per heavy atom. The third kappa shape index (κ3) is 3.83. The first kappa shape index (κ1) is 15.0. The molecular weight excluding hydrogens is 270 g/mol. The quantitative estimate of drug-likeness (QED) is 0.871. The van der Waals surface area contributed by atoms with Gasteiger partial charge in [-0.15, -0.1) is 0 Å². The molecule has 0 aliphatic rings. The fraction of sp³-hybridized carbons (Fsp3) is 0.294. The molecule has 0 spiro atoms. The number of hydrogen-bond acceptors (Lipinski definition) is 2. The van der Waals surface area contributed by atoms with E-state index in [9.17, 15) is 5.11 Å². The number of benzene rings is 2. The largest absolute Gasteiger partial charge is 0.387 e. The second-order valence-electron chi connectivity index (χ2n) is 5.08. The molecule has 0 aliphatic heterocycles. The second kappa shape index (κ2) is 6.89. The highest BCUT2D eigenvalue weighted by Gasteiger charge is 2.12. The Kier molecular flexibility index (Phi) is 5.18. The lowest BCUT2D eigenvalue weighted by Crippen LogP contribution is -2.24. The number of rotatable bonds is 5. The first-order valence-electron chi connectivity index (χ1n) is 6.80. The summed E-state index contributed by atoms with van der Waals surface area (Å²) in [5.74, 6) is 0. The molecule has 0 radical (unpaired) electrons. The number of hydrogen-bond donors (Lipinski definition) is 2. The molecule has 2 aromatic rings. The number of aryl methyl sites for hydroxylation is 1. The van der Waals surface area contributed by atoms with Gasteiger partial charge in [-0.1, -0.05) is 59.6 Å². The molecule has 0 amide bonds. The highest BCUT2D eigenvalue weighted by atomic mass is 35.5. The van der Waals surface area contributed by atoms with E-state index in [4.69, 9.17) is 11.6 Å². The highest BCUT2D eigenvalue weighted by Crippen LogP contribution is 2.22. The summed E-state index contributed by atoms with van der Waals surface area (Å²) in [7, 11) is 0. The van der Waals surface area contributed by atoms with E-state index >= 15 is 0 Å². The zero-order valence-corrected chi connectivity index (χ0v) is 12.6. The summed E-state index contributed by atoms with van der Waals surface area (Å²) in [5.41, 5.74) is 3.22. The van der Waals surface area contributed by atoms with Crippen molar-refractivity contribution in [1.82, 2.24) is 5.32 Å². The molecule has 0 aromatic heterocycles. The molecule has 2 atom stereocenters. The fourth-order valence-corrected chi connectivity index (χ4v) is 2.38. The molecule has 0 heterocycles. The van der Waals surface area contributed by atoms with Gasteiger partial charge >= 0.3 is 0 Å². The van der Waals surface area contributed by atoms with Crippen LogP contribution in [0.5, 0.6) is 0 Å². The Morgan fingerprint density at radius 3 is 2.40 bits per heavy atom. The molecule has 2 N–H and O–H groups in total. The standard InChI is InChI=1S/C17H20ClNO/c1-12-7-9-14(10-8-12)13(2)19-11-17(20)15-5-3-4-6-16(15)18/h3-10,13,17,19-20H,11H2,1-2H3/t13-,17?/m1/s1. The molecule has 2 rings (SSSR count). The third-order valence-corrected chi connectivity index (χ3v) is 3.80. The van der Waals surface area contributed by atoms with Crippen molar-refractivity contribution < 1.29 is 5.11 Å². The van der Waals surface area contributed by atoms with Gasteiger partial charge in [0.25, 0.3) is 0 Å². The predicted molar refractivity (Wildman–Crippen MR) is 84.0 cm³/mol. The number of aliphatic hydroxyl groups is 1. The molecule has 0 bridgehead atoms. The van der Waals surface area contributed by atoms with Crippen LogP contribution in [0.1, 0.15) is 35.8 Å². The molecule has 3 heteroatoms. The van der Waals surface area contributed by atoms with Crippen molar-refractivity contribution in [3.63, 3.8) is 0 Å². The van der Waals surface area contributed by atoms with Crippen molar-refractivity contribution in [3.8, 4) is 0 Å². The Morgan fingerprint density at radius 1 is 1.10 bits per heavy atom. The zero-order chi connectivity index (χ0) is 14.5. The van der Waals surface area contributed by atoms with E-state index in [1.807, 2.05) is 18.2 Å². The minimum Gasteiger partial charge on any atom is -0.387 e. The molecule has 2 aromatic carbocycles. The second-order valence-corrected chi connectivity index (χ2v) is 5.49. The van der Waals surface area contributed by atoms with Crippen molar-refractivity contribution in [1.29, 1.82) is 0 Å². The lowest BCUT2D eigenvalue weighted by atomic mass is 10.1. The summed E-state index contributed by atoms with van der Waals surface area (Å²) in [6.45, 7) is 4.63. The van der Waals surface area contributed by atoms with E-state index in [0.29, 0.717) is 11.6 Å². The summed E-state index contributed by atoms with van der Waals surface area (Å²) >= 11 is 6.08. The summed E-state index contributed by atoms with van der Waals surface area (Å²) in [5, 5.41) is 14.1. The minimum atomic E-state index is -0.600. The van der Waals surface area contributed by atoms with Gasteiger partial charge in [0.05, 0.1) is 6.10 Å². The SMILES string of the molecule is Cc1ccc([C@@H](C)NCC(O)c2ccccc2Cl)cc1. The average molecular weight is 290 g/mol. The molecule has 1 unspecified atom stereocenters. The van der Waals surface area contributed by atoms with Gasteiger partial charge in [-0.25, -0.2) is 0 Å². The van der Waals surface area contributed by atoms with Crippen molar-refractivity contribution >= 4 is 11.6 Å². The summed E-state index contributed by atoms with van der Waals surface area (Å²) in [6.07, 6.45) is -0.600. The first-order chi connectivity index (χ1) is 9.58. The van der Waals surface area contributed by atoms with Gasteiger partial charge in [0, 0.05) is 23.2 Å². The van der Waals surface area contributed by atoms with E-state index in [2.05, 4.69) is 43.4 Å². The van der Waals surface area contributed by atoms with E-state index in [1.165, 1.54) is 11.1 Å². The molecule has 0 aliphatic carbocycles.